The van der Waals surface area contributed by atoms with Gasteiger partial charge in [0.2, 0.25) is 0 Å². The predicted octanol–water partition coefficient (Wildman–Crippen LogP) is 3.44. The first kappa shape index (κ1) is 15.5. The molecule has 0 spiro atoms. The van der Waals surface area contributed by atoms with Gasteiger partial charge in [0.25, 0.3) is 5.91 Å². The molecule has 4 heteroatoms. The van der Waals surface area contributed by atoms with Crippen molar-refractivity contribution in [2.45, 2.75) is 12.3 Å². The fourth-order valence-electron chi connectivity index (χ4n) is 2.57. The molecule has 1 fully saturated rings. The first-order chi connectivity index (χ1) is 9.83. The lowest BCUT2D eigenvalue weighted by Crippen LogP contribution is -2.12. The maximum atomic E-state index is 12.0. The molecule has 3 nitrogen and oxygen atoms in total. The van der Waals surface area contributed by atoms with Crippen LogP contribution in [0.4, 0.5) is 5.69 Å². The van der Waals surface area contributed by atoms with Gasteiger partial charge >= 0.3 is 0 Å². The normalized spacial score (nSPS) is 17.0. The van der Waals surface area contributed by atoms with Crippen molar-refractivity contribution in [2.75, 3.05) is 18.4 Å². The highest BCUT2D eigenvalue weighted by Crippen LogP contribution is 2.23. The standard InChI is InChI=1S/C17H18N2O.ClH/c20-17(14-4-2-1-3-5-14)19-16-8-6-13(7-9-16)15-10-11-18-12-15;/h1-9,15,18H,10-12H2,(H,19,20);1H. The van der Waals surface area contributed by atoms with E-state index in [1.54, 1.807) is 0 Å². The second-order valence-corrected chi connectivity index (χ2v) is 5.13. The van der Waals surface area contributed by atoms with Crippen molar-refractivity contribution >= 4 is 24.0 Å². The zero-order valence-electron chi connectivity index (χ0n) is 11.7. The van der Waals surface area contributed by atoms with E-state index < -0.39 is 0 Å². The smallest absolute Gasteiger partial charge is 0.255 e. The number of hydrogen-bond acceptors (Lipinski definition) is 2. The molecule has 1 aliphatic heterocycles. The Hall–Kier alpha value is -1.84. The van der Waals surface area contributed by atoms with Crippen molar-refractivity contribution in [3.63, 3.8) is 0 Å². The molecule has 2 aromatic carbocycles. The summed E-state index contributed by atoms with van der Waals surface area (Å²) in [6, 6.07) is 17.4. The van der Waals surface area contributed by atoms with Crippen LogP contribution in [-0.2, 0) is 0 Å². The van der Waals surface area contributed by atoms with E-state index in [1.165, 1.54) is 12.0 Å². The van der Waals surface area contributed by atoms with Crippen LogP contribution in [0.5, 0.6) is 0 Å². The molecule has 2 aromatic rings. The lowest BCUT2D eigenvalue weighted by molar-refractivity contribution is 0.102. The zero-order chi connectivity index (χ0) is 13.8. The minimum atomic E-state index is -0.0686. The third-order valence-corrected chi connectivity index (χ3v) is 3.74. The van der Waals surface area contributed by atoms with Crippen LogP contribution in [0.1, 0.15) is 28.3 Å². The minimum absolute atomic E-state index is 0. The van der Waals surface area contributed by atoms with Crippen molar-refractivity contribution in [3.8, 4) is 0 Å². The molecule has 1 saturated heterocycles. The summed E-state index contributed by atoms with van der Waals surface area (Å²) in [6.45, 7) is 2.15. The Kier molecular flexibility index (Phi) is 5.37. The zero-order valence-corrected chi connectivity index (χ0v) is 12.5. The molecule has 1 heterocycles. The Morgan fingerprint density at radius 2 is 1.76 bits per heavy atom. The molecular weight excluding hydrogens is 284 g/mol. The van der Waals surface area contributed by atoms with Crippen molar-refractivity contribution in [1.82, 2.24) is 5.32 Å². The number of carbonyl (C=O) groups is 1. The Balaban J connectivity index is 0.00000161. The lowest BCUT2D eigenvalue weighted by Gasteiger charge is -2.10. The van der Waals surface area contributed by atoms with Gasteiger partial charge in [0, 0.05) is 17.8 Å². The van der Waals surface area contributed by atoms with E-state index in [0.717, 1.165) is 18.8 Å². The van der Waals surface area contributed by atoms with Gasteiger partial charge in [-0.2, -0.15) is 0 Å². The summed E-state index contributed by atoms with van der Waals surface area (Å²) >= 11 is 0. The molecule has 1 amide bonds. The third-order valence-electron chi connectivity index (χ3n) is 3.74. The van der Waals surface area contributed by atoms with E-state index >= 15 is 0 Å². The van der Waals surface area contributed by atoms with E-state index in [2.05, 4.69) is 22.8 Å². The van der Waals surface area contributed by atoms with Gasteiger partial charge in [0.15, 0.2) is 0 Å². The lowest BCUT2D eigenvalue weighted by atomic mass is 9.98. The maximum absolute atomic E-state index is 12.0. The summed E-state index contributed by atoms with van der Waals surface area (Å²) in [5.41, 5.74) is 2.86. The molecule has 0 aliphatic carbocycles. The monoisotopic (exact) mass is 302 g/mol. The molecule has 110 valence electrons. The van der Waals surface area contributed by atoms with Crippen molar-refractivity contribution in [2.24, 2.45) is 0 Å². The van der Waals surface area contributed by atoms with Gasteiger partial charge in [0.1, 0.15) is 0 Å². The van der Waals surface area contributed by atoms with Crippen molar-refractivity contribution < 1.29 is 4.79 Å². The molecule has 1 atom stereocenters. The average Bonchev–Trinajstić information content (AvgIpc) is 3.03. The molecule has 1 aliphatic rings. The number of hydrogen-bond donors (Lipinski definition) is 2. The number of amides is 1. The Bertz CT molecular complexity index is 577. The molecule has 3 rings (SSSR count). The van der Waals surface area contributed by atoms with E-state index in [9.17, 15) is 4.79 Å². The summed E-state index contributed by atoms with van der Waals surface area (Å²) in [5, 5.41) is 6.29. The molecule has 1 unspecified atom stereocenters. The SMILES string of the molecule is Cl.O=C(Nc1ccc(C2CCNC2)cc1)c1ccccc1. The predicted molar refractivity (Wildman–Crippen MR) is 88.3 cm³/mol. The highest BCUT2D eigenvalue weighted by atomic mass is 35.5. The highest BCUT2D eigenvalue weighted by molar-refractivity contribution is 6.04. The van der Waals surface area contributed by atoms with E-state index in [-0.39, 0.29) is 18.3 Å². The number of nitrogens with one attached hydrogen (secondary N) is 2. The summed E-state index contributed by atoms with van der Waals surface area (Å²) in [6.07, 6.45) is 1.19. The number of carbonyl (C=O) groups excluding carboxylic acids is 1. The summed E-state index contributed by atoms with van der Waals surface area (Å²) in [4.78, 5) is 12.0. The van der Waals surface area contributed by atoms with E-state index in [1.807, 2.05) is 42.5 Å². The van der Waals surface area contributed by atoms with Gasteiger partial charge in [-0.1, -0.05) is 30.3 Å². The van der Waals surface area contributed by atoms with Gasteiger partial charge in [-0.3, -0.25) is 4.79 Å². The largest absolute Gasteiger partial charge is 0.322 e. The number of halogens is 1. The summed E-state index contributed by atoms with van der Waals surface area (Å²) in [5.74, 6) is 0.537. The van der Waals surface area contributed by atoms with E-state index in [0.29, 0.717) is 11.5 Å². The molecule has 0 saturated carbocycles. The van der Waals surface area contributed by atoms with Crippen LogP contribution in [0.15, 0.2) is 54.6 Å². The first-order valence-corrected chi connectivity index (χ1v) is 7.00. The maximum Gasteiger partial charge on any atom is 0.255 e. The van der Waals surface area contributed by atoms with E-state index in [4.69, 9.17) is 0 Å². The van der Waals surface area contributed by atoms with Gasteiger partial charge in [-0.05, 0) is 48.7 Å². The second-order valence-electron chi connectivity index (χ2n) is 5.13. The molecular formula is C17H19ClN2O. The Labute approximate surface area is 131 Å². The summed E-state index contributed by atoms with van der Waals surface area (Å²) in [7, 11) is 0. The molecule has 0 aromatic heterocycles. The third kappa shape index (κ3) is 3.84. The van der Waals surface area contributed by atoms with Crippen LogP contribution in [0.3, 0.4) is 0 Å². The number of rotatable bonds is 3. The molecule has 2 N–H and O–H groups in total. The Morgan fingerprint density at radius 3 is 2.38 bits per heavy atom. The topological polar surface area (TPSA) is 41.1 Å². The first-order valence-electron chi connectivity index (χ1n) is 7.00. The van der Waals surface area contributed by atoms with Gasteiger partial charge in [0.05, 0.1) is 0 Å². The van der Waals surface area contributed by atoms with Crippen molar-refractivity contribution in [1.29, 1.82) is 0 Å². The molecule has 0 radical (unpaired) electrons. The van der Waals surface area contributed by atoms with Crippen LogP contribution < -0.4 is 10.6 Å². The summed E-state index contributed by atoms with van der Waals surface area (Å²) < 4.78 is 0. The van der Waals surface area contributed by atoms with Gasteiger partial charge < -0.3 is 10.6 Å². The molecule has 21 heavy (non-hydrogen) atoms. The fraction of sp³-hybridized carbons (Fsp3) is 0.235. The van der Waals surface area contributed by atoms with Crippen LogP contribution in [0, 0.1) is 0 Å². The van der Waals surface area contributed by atoms with Crippen LogP contribution in [-0.4, -0.2) is 19.0 Å². The van der Waals surface area contributed by atoms with Crippen LogP contribution in [0.2, 0.25) is 0 Å². The van der Waals surface area contributed by atoms with Crippen molar-refractivity contribution in [3.05, 3.63) is 65.7 Å². The average molecular weight is 303 g/mol. The van der Waals surface area contributed by atoms with Gasteiger partial charge in [-0.15, -0.1) is 12.4 Å². The quantitative estimate of drug-likeness (QED) is 0.912. The number of anilines is 1. The second kappa shape index (κ2) is 7.25. The fourth-order valence-corrected chi connectivity index (χ4v) is 2.57. The van der Waals surface area contributed by atoms with Gasteiger partial charge in [-0.25, -0.2) is 0 Å². The highest BCUT2D eigenvalue weighted by Gasteiger charge is 2.16. The number of benzene rings is 2. The van der Waals surface area contributed by atoms with Crippen LogP contribution >= 0.6 is 12.4 Å². The molecule has 0 bridgehead atoms. The van der Waals surface area contributed by atoms with Crippen LogP contribution in [0.25, 0.3) is 0 Å². The Morgan fingerprint density at radius 1 is 1.05 bits per heavy atom. The minimum Gasteiger partial charge on any atom is -0.322 e.